The molecule has 130 valence electrons. The quantitative estimate of drug-likeness (QED) is 0.816. The third-order valence-electron chi connectivity index (χ3n) is 4.99. The van der Waals surface area contributed by atoms with Crippen LogP contribution in [0.5, 0.6) is 0 Å². The lowest BCUT2D eigenvalue weighted by Gasteiger charge is -2.30. The van der Waals surface area contributed by atoms with Crippen LogP contribution < -0.4 is 5.32 Å². The summed E-state index contributed by atoms with van der Waals surface area (Å²) in [4.78, 5) is 28.2. The molecule has 24 heavy (non-hydrogen) atoms. The van der Waals surface area contributed by atoms with Gasteiger partial charge in [0.1, 0.15) is 5.54 Å². The largest absolute Gasteiger partial charge is 0.384 e. The second-order valence-corrected chi connectivity index (χ2v) is 7.38. The Morgan fingerprint density at radius 1 is 1.29 bits per heavy atom. The van der Waals surface area contributed by atoms with Crippen LogP contribution in [0.4, 0.5) is 4.79 Å². The van der Waals surface area contributed by atoms with Crippen LogP contribution in [0.15, 0.2) is 30.3 Å². The smallest absolute Gasteiger partial charge is 0.325 e. The highest BCUT2D eigenvalue weighted by molar-refractivity contribution is 6.07. The lowest BCUT2D eigenvalue weighted by Crippen LogP contribution is -2.50. The number of benzene rings is 1. The van der Waals surface area contributed by atoms with Crippen molar-refractivity contribution < 1.29 is 14.7 Å². The summed E-state index contributed by atoms with van der Waals surface area (Å²) in [5.41, 5.74) is -0.999. The van der Waals surface area contributed by atoms with E-state index in [9.17, 15) is 14.7 Å². The molecule has 0 saturated carbocycles. The van der Waals surface area contributed by atoms with Crippen LogP contribution in [0.2, 0.25) is 0 Å². The normalized spacial score (nSPS) is 27.1. The number of nitrogens with one attached hydrogen (secondary N) is 1. The van der Waals surface area contributed by atoms with Crippen molar-refractivity contribution in [3.05, 3.63) is 35.9 Å². The van der Waals surface area contributed by atoms with Crippen molar-refractivity contribution >= 4 is 11.9 Å². The van der Waals surface area contributed by atoms with Crippen molar-refractivity contribution in [1.82, 2.24) is 15.1 Å². The zero-order valence-corrected chi connectivity index (χ0v) is 14.5. The molecule has 0 radical (unpaired) electrons. The van der Waals surface area contributed by atoms with E-state index in [1.807, 2.05) is 44.2 Å². The first-order chi connectivity index (χ1) is 11.3. The summed E-state index contributed by atoms with van der Waals surface area (Å²) in [5, 5.41) is 13.7. The molecule has 0 aliphatic carbocycles. The van der Waals surface area contributed by atoms with E-state index >= 15 is 0 Å². The van der Waals surface area contributed by atoms with Gasteiger partial charge < -0.3 is 10.4 Å². The van der Waals surface area contributed by atoms with Gasteiger partial charge in [0, 0.05) is 25.7 Å². The second kappa shape index (κ2) is 5.86. The molecule has 3 rings (SSSR count). The molecule has 2 N–H and O–H groups in total. The van der Waals surface area contributed by atoms with Gasteiger partial charge in [-0.3, -0.25) is 14.6 Å². The van der Waals surface area contributed by atoms with Gasteiger partial charge in [0.05, 0.1) is 5.60 Å². The fourth-order valence-electron chi connectivity index (χ4n) is 3.73. The van der Waals surface area contributed by atoms with Crippen LogP contribution in [-0.2, 0) is 10.4 Å². The van der Waals surface area contributed by atoms with Crippen LogP contribution in [0.1, 0.15) is 32.8 Å². The van der Waals surface area contributed by atoms with E-state index in [0.717, 1.165) is 5.56 Å². The molecular formula is C18H25N3O3. The number of aliphatic hydroxyl groups is 1. The molecule has 2 heterocycles. The third kappa shape index (κ3) is 2.80. The minimum atomic E-state index is -1.00. The summed E-state index contributed by atoms with van der Waals surface area (Å²) >= 11 is 0. The number of rotatable bonds is 4. The Bertz CT molecular complexity index is 644. The van der Waals surface area contributed by atoms with E-state index in [1.165, 1.54) is 4.90 Å². The lowest BCUT2D eigenvalue weighted by atomic mass is 9.95. The van der Waals surface area contributed by atoms with Crippen molar-refractivity contribution in [2.45, 2.75) is 44.4 Å². The highest BCUT2D eigenvalue weighted by atomic mass is 16.3. The van der Waals surface area contributed by atoms with E-state index in [-0.39, 0.29) is 18.0 Å². The summed E-state index contributed by atoms with van der Waals surface area (Å²) in [7, 11) is 0. The summed E-state index contributed by atoms with van der Waals surface area (Å²) in [6.45, 7) is 6.98. The van der Waals surface area contributed by atoms with Crippen molar-refractivity contribution in [2.75, 3.05) is 19.6 Å². The van der Waals surface area contributed by atoms with Gasteiger partial charge in [-0.1, -0.05) is 30.3 Å². The number of carbonyl (C=O) groups is 2. The fraction of sp³-hybridized carbons (Fsp3) is 0.556. The average Bonchev–Trinajstić information content (AvgIpc) is 3.01. The number of nitrogens with zero attached hydrogens (tertiary/aromatic N) is 2. The molecule has 6 heteroatoms. The van der Waals surface area contributed by atoms with Crippen LogP contribution >= 0.6 is 0 Å². The molecule has 1 spiro atoms. The zero-order chi connectivity index (χ0) is 17.5. The number of hydrogen-bond acceptors (Lipinski definition) is 4. The van der Waals surface area contributed by atoms with Gasteiger partial charge in [0.25, 0.3) is 5.91 Å². The molecule has 1 aromatic rings. The maximum atomic E-state index is 12.7. The number of hydrogen-bond donors (Lipinski definition) is 2. The van der Waals surface area contributed by atoms with Crippen LogP contribution in [0.3, 0.4) is 0 Å². The van der Waals surface area contributed by atoms with E-state index in [1.54, 1.807) is 6.92 Å². The molecule has 0 unspecified atom stereocenters. The number of urea groups is 1. The van der Waals surface area contributed by atoms with E-state index in [2.05, 4.69) is 10.2 Å². The van der Waals surface area contributed by atoms with Gasteiger partial charge in [0.2, 0.25) is 0 Å². The molecule has 2 fully saturated rings. The molecule has 0 bridgehead atoms. The average molecular weight is 331 g/mol. The summed E-state index contributed by atoms with van der Waals surface area (Å²) in [6, 6.07) is 9.04. The molecule has 3 amide bonds. The van der Waals surface area contributed by atoms with Gasteiger partial charge >= 0.3 is 6.03 Å². The Labute approximate surface area is 142 Å². The summed E-state index contributed by atoms with van der Waals surface area (Å²) in [6.07, 6.45) is 0.575. The highest BCUT2D eigenvalue weighted by Crippen LogP contribution is 2.32. The fourth-order valence-corrected chi connectivity index (χ4v) is 3.73. The predicted octanol–water partition coefficient (Wildman–Crippen LogP) is 1.30. The Hall–Kier alpha value is -1.92. The molecular weight excluding hydrogens is 306 g/mol. The number of carbonyl (C=O) groups excluding carboxylic acids is 2. The molecule has 2 atom stereocenters. The molecule has 1 aromatic carbocycles. The molecule has 2 saturated heterocycles. The van der Waals surface area contributed by atoms with Crippen LogP contribution in [0, 0.1) is 0 Å². The van der Waals surface area contributed by atoms with E-state index in [4.69, 9.17) is 0 Å². The Morgan fingerprint density at radius 3 is 2.54 bits per heavy atom. The maximum absolute atomic E-state index is 12.7. The first-order valence-electron chi connectivity index (χ1n) is 8.41. The van der Waals surface area contributed by atoms with Gasteiger partial charge in [-0.25, -0.2) is 4.79 Å². The van der Waals surface area contributed by atoms with E-state index < -0.39 is 11.1 Å². The van der Waals surface area contributed by atoms with Gasteiger partial charge in [-0.05, 0) is 32.8 Å². The summed E-state index contributed by atoms with van der Waals surface area (Å²) < 4.78 is 0. The monoisotopic (exact) mass is 331 g/mol. The number of likely N-dealkylation sites (tertiary alicyclic amines) is 1. The number of imide groups is 1. The van der Waals surface area contributed by atoms with Crippen molar-refractivity contribution in [3.8, 4) is 0 Å². The molecule has 6 nitrogen and oxygen atoms in total. The Kier molecular flexibility index (Phi) is 4.13. The minimum Gasteiger partial charge on any atom is -0.384 e. The minimum absolute atomic E-state index is 0.149. The summed E-state index contributed by atoms with van der Waals surface area (Å²) in [5.74, 6) is -0.149. The van der Waals surface area contributed by atoms with Gasteiger partial charge in [-0.2, -0.15) is 0 Å². The van der Waals surface area contributed by atoms with Crippen molar-refractivity contribution in [2.24, 2.45) is 0 Å². The molecule has 2 aliphatic rings. The first-order valence-corrected chi connectivity index (χ1v) is 8.41. The van der Waals surface area contributed by atoms with Crippen molar-refractivity contribution in [1.29, 1.82) is 0 Å². The highest BCUT2D eigenvalue weighted by Gasteiger charge is 2.55. The topological polar surface area (TPSA) is 72.9 Å². The standard InChI is InChI=1S/C18H25N3O3/c1-13(2)21-15(22)18(19-16(21)23)9-10-20(12-18)11-17(3,24)14-7-5-4-6-8-14/h4-8,13,24H,9-12H2,1-3H3,(H,19,23)/t17-,18-/m0/s1. The number of β-amino-alcohol motifs (C(OH)–C–C–N with tert-alkyl or cyclic N) is 1. The second-order valence-electron chi connectivity index (χ2n) is 7.38. The van der Waals surface area contributed by atoms with Gasteiger partial charge in [-0.15, -0.1) is 0 Å². The first kappa shape index (κ1) is 16.9. The Morgan fingerprint density at radius 2 is 1.96 bits per heavy atom. The number of amides is 3. The third-order valence-corrected chi connectivity index (χ3v) is 4.99. The van der Waals surface area contributed by atoms with Crippen LogP contribution in [-0.4, -0.2) is 58.1 Å². The zero-order valence-electron chi connectivity index (χ0n) is 14.5. The molecule has 2 aliphatic heterocycles. The lowest BCUT2D eigenvalue weighted by molar-refractivity contribution is -0.132. The Balaban J connectivity index is 1.72. The SMILES string of the molecule is CC(C)N1C(=O)N[C@]2(CCN(C[C@](C)(O)c3ccccc3)C2)C1=O. The maximum Gasteiger partial charge on any atom is 0.325 e. The van der Waals surface area contributed by atoms with E-state index in [0.29, 0.717) is 26.1 Å². The molecule has 0 aromatic heterocycles. The predicted molar refractivity (Wildman–Crippen MR) is 90.3 cm³/mol. The van der Waals surface area contributed by atoms with Gasteiger partial charge in [0.15, 0.2) is 0 Å². The van der Waals surface area contributed by atoms with Crippen molar-refractivity contribution in [3.63, 3.8) is 0 Å². The van der Waals surface area contributed by atoms with Crippen LogP contribution in [0.25, 0.3) is 0 Å².